The number of carboxylic acid groups (broad SMARTS) is 1. The molecule has 0 atom stereocenters. The summed E-state index contributed by atoms with van der Waals surface area (Å²) in [5.74, 6) is -3.13. The number of allylic oxidation sites excluding steroid dienone is 1. The molecule has 0 saturated heterocycles. The summed E-state index contributed by atoms with van der Waals surface area (Å²) in [7, 11) is 1.47. The maximum atomic E-state index is 13.1. The Kier molecular flexibility index (Phi) is 4.55. The second-order valence-electron chi connectivity index (χ2n) is 5.17. The number of carbonyl (C=O) groups is 1. The van der Waals surface area contributed by atoms with Crippen molar-refractivity contribution in [3.63, 3.8) is 0 Å². The second kappa shape index (κ2) is 6.20. The van der Waals surface area contributed by atoms with Gasteiger partial charge in [-0.3, -0.25) is 0 Å². The molecule has 1 aromatic rings. The van der Waals surface area contributed by atoms with Crippen LogP contribution in [0.3, 0.4) is 0 Å². The molecule has 1 saturated carbocycles. The molecular formula is C15H17F2NO3. The lowest BCUT2D eigenvalue weighted by molar-refractivity contribution is -0.0410. The largest absolute Gasteiger partial charge is 0.495 e. The second-order valence-corrected chi connectivity index (χ2v) is 5.17. The normalized spacial score (nSPS) is 18.8. The molecule has 6 heteroatoms. The van der Waals surface area contributed by atoms with Crippen LogP contribution in [0.4, 0.5) is 8.78 Å². The van der Waals surface area contributed by atoms with Crippen molar-refractivity contribution in [3.8, 4) is 5.75 Å². The topological polar surface area (TPSA) is 59.4 Å². The fraction of sp³-hybridized carbons (Fsp3) is 0.467. The highest BCUT2D eigenvalue weighted by Gasteiger charge is 2.33. The van der Waals surface area contributed by atoms with Crippen LogP contribution >= 0.6 is 0 Å². The molecule has 1 heterocycles. The minimum Gasteiger partial charge on any atom is -0.495 e. The molecule has 0 spiro atoms. The summed E-state index contributed by atoms with van der Waals surface area (Å²) < 4.78 is 31.3. The van der Waals surface area contributed by atoms with E-state index in [-0.39, 0.29) is 24.5 Å². The first-order chi connectivity index (χ1) is 9.91. The fourth-order valence-corrected chi connectivity index (χ4v) is 2.37. The molecule has 2 rings (SSSR count). The van der Waals surface area contributed by atoms with Crippen LogP contribution in [0, 0.1) is 5.92 Å². The molecular weight excluding hydrogens is 280 g/mol. The van der Waals surface area contributed by atoms with Gasteiger partial charge in [-0.2, -0.15) is 0 Å². The molecule has 1 aromatic heterocycles. The van der Waals surface area contributed by atoms with E-state index in [0.29, 0.717) is 24.2 Å². The summed E-state index contributed by atoms with van der Waals surface area (Å²) in [5.41, 5.74) is 0.507. The molecule has 21 heavy (non-hydrogen) atoms. The number of rotatable bonds is 4. The zero-order valence-electron chi connectivity index (χ0n) is 11.7. The first kappa shape index (κ1) is 15.4. The van der Waals surface area contributed by atoms with Crippen LogP contribution in [0.25, 0.3) is 6.08 Å². The van der Waals surface area contributed by atoms with E-state index >= 15 is 0 Å². The van der Waals surface area contributed by atoms with Crippen LogP contribution in [0.1, 0.15) is 41.7 Å². The van der Waals surface area contributed by atoms with E-state index in [9.17, 15) is 13.6 Å². The average Bonchev–Trinajstić information content (AvgIpc) is 2.45. The molecule has 1 aliphatic carbocycles. The van der Waals surface area contributed by atoms with Crippen molar-refractivity contribution in [2.45, 2.75) is 31.6 Å². The lowest BCUT2D eigenvalue weighted by Gasteiger charge is -2.26. The van der Waals surface area contributed by atoms with Gasteiger partial charge in [0.05, 0.1) is 13.3 Å². The Balaban J connectivity index is 2.13. The zero-order valence-corrected chi connectivity index (χ0v) is 11.7. The molecule has 0 bridgehead atoms. The van der Waals surface area contributed by atoms with Gasteiger partial charge in [-0.15, -0.1) is 0 Å². The molecule has 0 radical (unpaired) electrons. The van der Waals surface area contributed by atoms with E-state index in [0.717, 1.165) is 0 Å². The standard InChI is InChI=1S/C15H17F2NO3/c1-21-13-9-18-12(14(19)20)8-11(13)3-2-10-4-6-15(16,17)7-5-10/h2-3,8-10H,4-7H2,1H3,(H,19,20). The third-order valence-electron chi connectivity index (χ3n) is 3.65. The number of pyridine rings is 1. The van der Waals surface area contributed by atoms with Gasteiger partial charge in [0.25, 0.3) is 0 Å². The number of nitrogens with zero attached hydrogens (tertiary/aromatic N) is 1. The molecule has 1 aliphatic rings. The minimum absolute atomic E-state index is 0.0781. The smallest absolute Gasteiger partial charge is 0.354 e. The van der Waals surface area contributed by atoms with Gasteiger partial charge in [-0.05, 0) is 24.8 Å². The van der Waals surface area contributed by atoms with Crippen molar-refractivity contribution in [1.29, 1.82) is 0 Å². The van der Waals surface area contributed by atoms with E-state index in [4.69, 9.17) is 9.84 Å². The lowest BCUT2D eigenvalue weighted by atomic mass is 9.86. The third-order valence-corrected chi connectivity index (χ3v) is 3.65. The summed E-state index contributed by atoms with van der Waals surface area (Å²) in [5, 5.41) is 8.94. The number of aromatic nitrogens is 1. The Morgan fingerprint density at radius 2 is 2.14 bits per heavy atom. The van der Waals surface area contributed by atoms with Crippen molar-refractivity contribution in [2.24, 2.45) is 5.92 Å². The Morgan fingerprint density at radius 1 is 1.48 bits per heavy atom. The number of halogens is 2. The molecule has 1 N–H and O–H groups in total. The highest BCUT2D eigenvalue weighted by Crippen LogP contribution is 2.37. The van der Waals surface area contributed by atoms with Crippen molar-refractivity contribution < 1.29 is 23.4 Å². The Morgan fingerprint density at radius 3 is 2.71 bits per heavy atom. The van der Waals surface area contributed by atoms with Crippen molar-refractivity contribution in [3.05, 3.63) is 29.6 Å². The van der Waals surface area contributed by atoms with E-state index in [1.165, 1.54) is 19.4 Å². The van der Waals surface area contributed by atoms with Gasteiger partial charge in [0.2, 0.25) is 5.92 Å². The Hall–Kier alpha value is -1.98. The lowest BCUT2D eigenvalue weighted by Crippen LogP contribution is -2.23. The molecule has 4 nitrogen and oxygen atoms in total. The maximum Gasteiger partial charge on any atom is 0.354 e. The Labute approximate surface area is 121 Å². The minimum atomic E-state index is -2.55. The van der Waals surface area contributed by atoms with Gasteiger partial charge in [0.1, 0.15) is 11.4 Å². The summed E-state index contributed by atoms with van der Waals surface area (Å²) in [6.07, 6.45) is 5.58. The molecule has 1 fully saturated rings. The van der Waals surface area contributed by atoms with Crippen molar-refractivity contribution in [2.75, 3.05) is 7.11 Å². The van der Waals surface area contributed by atoms with E-state index in [2.05, 4.69) is 4.98 Å². The van der Waals surface area contributed by atoms with Crippen molar-refractivity contribution >= 4 is 12.0 Å². The average molecular weight is 297 g/mol. The maximum absolute atomic E-state index is 13.1. The summed E-state index contributed by atoms with van der Waals surface area (Å²) in [4.78, 5) is 14.7. The monoisotopic (exact) mass is 297 g/mol. The van der Waals surface area contributed by atoms with Gasteiger partial charge in [-0.25, -0.2) is 18.6 Å². The zero-order chi connectivity index (χ0) is 15.5. The van der Waals surface area contributed by atoms with Crippen LogP contribution in [0.15, 0.2) is 18.3 Å². The van der Waals surface area contributed by atoms with Crippen LogP contribution in [-0.4, -0.2) is 29.1 Å². The van der Waals surface area contributed by atoms with Gasteiger partial charge in [0.15, 0.2) is 0 Å². The highest BCUT2D eigenvalue weighted by molar-refractivity contribution is 5.86. The SMILES string of the molecule is COc1cnc(C(=O)O)cc1C=CC1CCC(F)(F)CC1. The highest BCUT2D eigenvalue weighted by atomic mass is 19.3. The molecule has 114 valence electrons. The first-order valence-corrected chi connectivity index (χ1v) is 6.74. The molecule has 0 aromatic carbocycles. The number of alkyl halides is 2. The summed E-state index contributed by atoms with van der Waals surface area (Å²) in [6, 6.07) is 1.41. The van der Waals surface area contributed by atoms with Gasteiger partial charge < -0.3 is 9.84 Å². The molecule has 0 amide bonds. The van der Waals surface area contributed by atoms with Gasteiger partial charge >= 0.3 is 5.97 Å². The quantitative estimate of drug-likeness (QED) is 0.922. The Bertz CT molecular complexity index is 548. The number of carboxylic acids is 1. The first-order valence-electron chi connectivity index (χ1n) is 6.74. The molecule has 0 unspecified atom stereocenters. The van der Waals surface area contributed by atoms with Crippen LogP contribution in [-0.2, 0) is 0 Å². The van der Waals surface area contributed by atoms with E-state index < -0.39 is 11.9 Å². The number of aromatic carboxylic acids is 1. The van der Waals surface area contributed by atoms with Gasteiger partial charge in [-0.1, -0.05) is 12.2 Å². The van der Waals surface area contributed by atoms with Crippen LogP contribution in [0.2, 0.25) is 0 Å². The number of methoxy groups -OCH3 is 1. The summed E-state index contributed by atoms with van der Waals surface area (Å²) >= 11 is 0. The predicted molar refractivity (Wildman–Crippen MR) is 73.7 cm³/mol. The fourth-order valence-electron chi connectivity index (χ4n) is 2.37. The number of hydrogen-bond donors (Lipinski definition) is 1. The number of hydrogen-bond acceptors (Lipinski definition) is 3. The van der Waals surface area contributed by atoms with E-state index in [1.54, 1.807) is 6.08 Å². The van der Waals surface area contributed by atoms with E-state index in [1.807, 2.05) is 6.08 Å². The van der Waals surface area contributed by atoms with Crippen LogP contribution in [0.5, 0.6) is 5.75 Å². The number of ether oxygens (including phenoxy) is 1. The third kappa shape index (κ3) is 4.00. The van der Waals surface area contributed by atoms with Crippen molar-refractivity contribution in [1.82, 2.24) is 4.98 Å². The molecule has 0 aliphatic heterocycles. The predicted octanol–water partition coefficient (Wildman–Crippen LogP) is 3.63. The van der Waals surface area contributed by atoms with Gasteiger partial charge in [0, 0.05) is 18.4 Å². The summed E-state index contributed by atoms with van der Waals surface area (Å²) in [6.45, 7) is 0. The van der Waals surface area contributed by atoms with Crippen LogP contribution < -0.4 is 4.74 Å².